The molecule has 3 aliphatic carbocycles. The fraction of sp³-hybridized carbons (Fsp3) is 0.483. The SMILES string of the molecule is COc1ccc(OC)c2[nH]c(CCCN(C)CC[C@@]3(O)C[C@H]4CC[C@H]3C=C4c3ccccc3)nc12. The molecule has 6 nitrogen and oxygen atoms in total. The maximum absolute atomic E-state index is 11.5. The van der Waals surface area contributed by atoms with E-state index in [4.69, 9.17) is 14.5 Å². The van der Waals surface area contributed by atoms with Gasteiger partial charge in [-0.05, 0) is 74.9 Å². The van der Waals surface area contributed by atoms with Gasteiger partial charge in [0.1, 0.15) is 28.4 Å². The van der Waals surface area contributed by atoms with Crippen molar-refractivity contribution in [2.75, 3.05) is 34.4 Å². The number of ether oxygens (including phenoxy) is 2. The molecule has 3 aliphatic rings. The van der Waals surface area contributed by atoms with Gasteiger partial charge in [0.15, 0.2) is 0 Å². The molecule has 1 heterocycles. The molecule has 1 aromatic heterocycles. The van der Waals surface area contributed by atoms with Crippen LogP contribution in [0.1, 0.15) is 43.5 Å². The number of rotatable bonds is 10. The molecule has 0 amide bonds. The first-order chi connectivity index (χ1) is 17.0. The van der Waals surface area contributed by atoms with E-state index in [-0.39, 0.29) is 5.92 Å². The predicted octanol–water partition coefficient (Wildman–Crippen LogP) is 5.08. The lowest BCUT2D eigenvalue weighted by atomic mass is 9.61. The van der Waals surface area contributed by atoms with E-state index < -0.39 is 5.60 Å². The number of hydrogen-bond acceptors (Lipinski definition) is 5. The van der Waals surface area contributed by atoms with Crippen LogP contribution in [0.2, 0.25) is 0 Å². The van der Waals surface area contributed by atoms with Crippen molar-refractivity contribution in [3.05, 3.63) is 59.9 Å². The minimum absolute atomic E-state index is 0.261. The van der Waals surface area contributed by atoms with Crippen molar-refractivity contribution >= 4 is 16.6 Å². The number of imidazole rings is 1. The molecule has 35 heavy (non-hydrogen) atoms. The van der Waals surface area contributed by atoms with Crippen LogP contribution in [-0.2, 0) is 6.42 Å². The Morgan fingerprint density at radius 1 is 1.06 bits per heavy atom. The van der Waals surface area contributed by atoms with Crippen LogP contribution in [0.5, 0.6) is 11.5 Å². The molecule has 0 saturated heterocycles. The summed E-state index contributed by atoms with van der Waals surface area (Å²) in [5.41, 5.74) is 3.88. The summed E-state index contributed by atoms with van der Waals surface area (Å²) in [7, 11) is 5.48. The average Bonchev–Trinajstić information content (AvgIpc) is 3.32. The Hall–Kier alpha value is -2.83. The number of allylic oxidation sites excluding steroid dienone is 1. The highest BCUT2D eigenvalue weighted by atomic mass is 16.5. The first-order valence-electron chi connectivity index (χ1n) is 12.8. The van der Waals surface area contributed by atoms with E-state index in [1.165, 1.54) is 17.6 Å². The molecule has 186 valence electrons. The summed E-state index contributed by atoms with van der Waals surface area (Å²) in [5, 5.41) is 11.5. The second-order valence-electron chi connectivity index (χ2n) is 10.2. The number of aromatic amines is 1. The van der Waals surface area contributed by atoms with Crippen LogP contribution in [0.15, 0.2) is 48.5 Å². The number of methoxy groups -OCH3 is 2. The number of H-pyrrole nitrogens is 1. The minimum Gasteiger partial charge on any atom is -0.494 e. The summed E-state index contributed by atoms with van der Waals surface area (Å²) >= 11 is 0. The summed E-state index contributed by atoms with van der Waals surface area (Å²) in [6.45, 7) is 1.86. The van der Waals surface area contributed by atoms with E-state index in [2.05, 4.69) is 53.3 Å². The van der Waals surface area contributed by atoms with Crippen molar-refractivity contribution in [1.82, 2.24) is 14.9 Å². The maximum Gasteiger partial charge on any atom is 0.146 e. The van der Waals surface area contributed by atoms with Gasteiger partial charge in [-0.2, -0.15) is 0 Å². The third-order valence-electron chi connectivity index (χ3n) is 7.98. The van der Waals surface area contributed by atoms with Gasteiger partial charge in [0.05, 0.1) is 19.8 Å². The van der Waals surface area contributed by atoms with Gasteiger partial charge in [0.25, 0.3) is 0 Å². The van der Waals surface area contributed by atoms with Gasteiger partial charge in [-0.1, -0.05) is 36.4 Å². The van der Waals surface area contributed by atoms with Gasteiger partial charge in [-0.25, -0.2) is 4.98 Å². The number of aromatic nitrogens is 2. The fourth-order valence-electron chi connectivity index (χ4n) is 5.99. The third kappa shape index (κ3) is 4.82. The molecule has 0 spiro atoms. The quantitative estimate of drug-likeness (QED) is 0.428. The number of hydrogen-bond donors (Lipinski definition) is 2. The second-order valence-corrected chi connectivity index (χ2v) is 10.2. The average molecular weight is 476 g/mol. The van der Waals surface area contributed by atoms with E-state index in [9.17, 15) is 5.11 Å². The molecule has 6 heteroatoms. The molecular weight excluding hydrogens is 438 g/mol. The molecular formula is C29H37N3O3. The Morgan fingerprint density at radius 3 is 2.54 bits per heavy atom. The Morgan fingerprint density at radius 2 is 1.83 bits per heavy atom. The van der Waals surface area contributed by atoms with E-state index in [0.29, 0.717) is 5.92 Å². The molecule has 6 rings (SSSR count). The number of nitrogens with one attached hydrogen (secondary N) is 1. The number of aliphatic hydroxyl groups is 1. The highest BCUT2D eigenvalue weighted by Gasteiger charge is 2.46. The van der Waals surface area contributed by atoms with E-state index >= 15 is 0 Å². The molecule has 3 aromatic rings. The number of fused-ring (bicyclic) bond motifs is 3. The molecule has 0 unspecified atom stereocenters. The van der Waals surface area contributed by atoms with Crippen LogP contribution in [0.3, 0.4) is 0 Å². The van der Waals surface area contributed by atoms with Crippen LogP contribution in [0, 0.1) is 11.8 Å². The Labute approximate surface area is 208 Å². The van der Waals surface area contributed by atoms with Crippen molar-refractivity contribution in [2.45, 2.75) is 44.1 Å². The Balaban J connectivity index is 1.15. The van der Waals surface area contributed by atoms with E-state index in [1.807, 2.05) is 12.1 Å². The van der Waals surface area contributed by atoms with Crippen molar-refractivity contribution in [3.63, 3.8) is 0 Å². The summed E-state index contributed by atoms with van der Waals surface area (Å²) in [6.07, 6.45) is 8.21. The van der Waals surface area contributed by atoms with Crippen LogP contribution >= 0.6 is 0 Å². The maximum atomic E-state index is 11.5. The third-order valence-corrected chi connectivity index (χ3v) is 7.98. The molecule has 0 radical (unpaired) electrons. The summed E-state index contributed by atoms with van der Waals surface area (Å²) < 4.78 is 10.9. The first-order valence-corrected chi connectivity index (χ1v) is 12.8. The van der Waals surface area contributed by atoms with Gasteiger partial charge >= 0.3 is 0 Å². The predicted molar refractivity (Wildman–Crippen MR) is 140 cm³/mol. The summed E-state index contributed by atoms with van der Waals surface area (Å²) in [4.78, 5) is 10.5. The summed E-state index contributed by atoms with van der Waals surface area (Å²) in [5.74, 6) is 3.20. The van der Waals surface area contributed by atoms with Gasteiger partial charge in [-0.3, -0.25) is 0 Å². The molecule has 2 aromatic carbocycles. The Kier molecular flexibility index (Phi) is 6.85. The van der Waals surface area contributed by atoms with Gasteiger partial charge in [0, 0.05) is 18.9 Å². The highest BCUT2D eigenvalue weighted by molar-refractivity contribution is 5.87. The lowest BCUT2D eigenvalue weighted by molar-refractivity contribution is -0.0574. The molecule has 3 atom stereocenters. The van der Waals surface area contributed by atoms with Crippen LogP contribution in [0.4, 0.5) is 0 Å². The molecule has 0 aliphatic heterocycles. The first kappa shape index (κ1) is 23.9. The van der Waals surface area contributed by atoms with Crippen molar-refractivity contribution < 1.29 is 14.6 Å². The lowest BCUT2D eigenvalue weighted by Gasteiger charge is -2.48. The number of nitrogens with zero attached hydrogens (tertiary/aromatic N) is 2. The van der Waals surface area contributed by atoms with Gasteiger partial charge in [-0.15, -0.1) is 0 Å². The minimum atomic E-state index is -0.582. The largest absolute Gasteiger partial charge is 0.494 e. The normalized spacial score (nSPS) is 23.6. The number of benzene rings is 2. The van der Waals surface area contributed by atoms with Crippen molar-refractivity contribution in [3.8, 4) is 11.5 Å². The Bertz CT molecular complexity index is 1150. The van der Waals surface area contributed by atoms with Crippen LogP contribution < -0.4 is 9.47 Å². The molecule has 2 bridgehead atoms. The van der Waals surface area contributed by atoms with Crippen molar-refractivity contribution in [2.24, 2.45) is 11.8 Å². The standard InChI is InChI=1S/C29H37N3O3/c1-32(16-7-10-26-30-27-24(34-2)13-14-25(35-3)28(27)31-26)17-15-29(33)19-21-11-12-22(29)18-23(21)20-8-5-4-6-9-20/h4-6,8-9,13-14,18,21-22,33H,7,10-12,15-17,19H2,1-3H3,(H,30,31)/t21-,22+,29-/m1/s1. The van der Waals surface area contributed by atoms with Gasteiger partial charge in [0.2, 0.25) is 0 Å². The zero-order valence-electron chi connectivity index (χ0n) is 21.1. The topological polar surface area (TPSA) is 70.6 Å². The number of aryl methyl sites for hydroxylation is 1. The molecule has 1 saturated carbocycles. The molecule has 2 N–H and O–H groups in total. The second kappa shape index (κ2) is 10.0. The monoisotopic (exact) mass is 475 g/mol. The highest BCUT2D eigenvalue weighted by Crippen LogP contribution is 2.51. The van der Waals surface area contributed by atoms with Crippen LogP contribution in [-0.4, -0.2) is 59.9 Å². The molecule has 1 fully saturated rings. The van der Waals surface area contributed by atoms with E-state index in [0.717, 1.165) is 73.6 Å². The lowest BCUT2D eigenvalue weighted by Crippen LogP contribution is -2.48. The zero-order chi connectivity index (χ0) is 24.4. The van der Waals surface area contributed by atoms with Crippen LogP contribution in [0.25, 0.3) is 16.6 Å². The van der Waals surface area contributed by atoms with Gasteiger partial charge < -0.3 is 24.5 Å². The smallest absolute Gasteiger partial charge is 0.146 e. The van der Waals surface area contributed by atoms with E-state index in [1.54, 1.807) is 14.2 Å². The zero-order valence-corrected chi connectivity index (χ0v) is 21.1. The fourth-order valence-corrected chi connectivity index (χ4v) is 5.99. The summed E-state index contributed by atoms with van der Waals surface area (Å²) in [6, 6.07) is 14.5. The van der Waals surface area contributed by atoms with Crippen molar-refractivity contribution in [1.29, 1.82) is 0 Å².